The predicted molar refractivity (Wildman–Crippen MR) is 86.6 cm³/mol. The van der Waals surface area contributed by atoms with Crippen LogP contribution in [0.15, 0.2) is 54.1 Å². The Morgan fingerprint density at radius 2 is 1.90 bits per heavy atom. The van der Waals surface area contributed by atoms with Crippen molar-refractivity contribution < 1.29 is 14.6 Å². The zero-order valence-electron chi connectivity index (χ0n) is 12.4. The largest absolute Gasteiger partial charge is 0.478 e. The van der Waals surface area contributed by atoms with Gasteiger partial charge in [-0.3, -0.25) is 0 Å². The first-order valence-electron chi connectivity index (χ1n) is 6.44. The summed E-state index contributed by atoms with van der Waals surface area (Å²) in [7, 11) is 0. The third-order valence-electron chi connectivity index (χ3n) is 2.74. The molecule has 0 aromatic heterocycles. The van der Waals surface area contributed by atoms with Gasteiger partial charge in [0.1, 0.15) is 5.75 Å². The Morgan fingerprint density at radius 1 is 1.33 bits per heavy atom. The van der Waals surface area contributed by atoms with Crippen LogP contribution in [-0.4, -0.2) is 16.7 Å². The molecule has 0 heterocycles. The van der Waals surface area contributed by atoms with Crippen LogP contribution in [0.2, 0.25) is 0 Å². The molecular weight excluding hydrogens is 288 g/mol. The number of halogens is 1. The first kappa shape index (κ1) is 17.1. The van der Waals surface area contributed by atoms with Crippen LogP contribution in [0.5, 0.6) is 5.75 Å². The highest BCUT2D eigenvalue weighted by Gasteiger charge is 2.29. The molecule has 0 radical (unpaired) electrons. The summed E-state index contributed by atoms with van der Waals surface area (Å²) < 4.78 is 5.44. The van der Waals surface area contributed by atoms with E-state index in [-0.39, 0.29) is 0 Å². The summed E-state index contributed by atoms with van der Waals surface area (Å²) in [6, 6.07) is 7.11. The molecule has 0 unspecified atom stereocenters. The Labute approximate surface area is 130 Å². The molecule has 1 aromatic rings. The lowest BCUT2D eigenvalue weighted by atomic mass is 10.1. The van der Waals surface area contributed by atoms with E-state index in [4.69, 9.17) is 21.4 Å². The maximum absolute atomic E-state index is 11.0. The summed E-state index contributed by atoms with van der Waals surface area (Å²) in [5.41, 5.74) is 0.488. The number of carboxylic acids is 1. The Hall–Kier alpha value is -2.00. The fourth-order valence-electron chi connectivity index (χ4n) is 1.47. The summed E-state index contributed by atoms with van der Waals surface area (Å²) in [4.78, 5) is 11.0. The summed E-state index contributed by atoms with van der Waals surface area (Å²) in [5.74, 6) is -0.512. The van der Waals surface area contributed by atoms with E-state index in [1.54, 1.807) is 25.1 Å². The summed E-state index contributed by atoms with van der Waals surface area (Å²) in [6.07, 6.45) is 5.45. The smallest absolute Gasteiger partial charge is 0.347 e. The average molecular weight is 307 g/mol. The van der Waals surface area contributed by atoms with Gasteiger partial charge in [-0.05, 0) is 50.1 Å². The highest BCUT2D eigenvalue weighted by molar-refractivity contribution is 6.29. The number of carbonyl (C=O) groups is 1. The second-order valence-corrected chi connectivity index (χ2v) is 5.68. The number of hydrogen-bond donors (Lipinski definition) is 1. The Morgan fingerprint density at radius 3 is 2.38 bits per heavy atom. The van der Waals surface area contributed by atoms with Crippen LogP contribution in [-0.2, 0) is 4.79 Å². The fourth-order valence-corrected chi connectivity index (χ4v) is 1.54. The van der Waals surface area contributed by atoms with Gasteiger partial charge >= 0.3 is 5.97 Å². The van der Waals surface area contributed by atoms with Gasteiger partial charge in [-0.25, -0.2) is 4.79 Å². The van der Waals surface area contributed by atoms with Crippen LogP contribution in [0.25, 0.3) is 5.57 Å². The van der Waals surface area contributed by atoms with Gasteiger partial charge in [0.05, 0.1) is 0 Å². The van der Waals surface area contributed by atoms with E-state index in [9.17, 15) is 4.79 Å². The fraction of sp³-hybridized carbons (Fsp3) is 0.235. The Bertz CT molecular complexity index is 577. The number of allylic oxidation sites excluding steroid dienone is 5. The highest BCUT2D eigenvalue weighted by atomic mass is 35.5. The minimum atomic E-state index is -1.26. The molecule has 0 aliphatic heterocycles. The molecule has 0 atom stereocenters. The van der Waals surface area contributed by atoms with Crippen molar-refractivity contribution in [1.82, 2.24) is 0 Å². The van der Waals surface area contributed by atoms with Gasteiger partial charge in [0.15, 0.2) is 5.60 Å². The number of benzene rings is 1. The van der Waals surface area contributed by atoms with Crippen LogP contribution in [0.1, 0.15) is 26.3 Å². The van der Waals surface area contributed by atoms with Crippen molar-refractivity contribution in [2.24, 2.45) is 0 Å². The minimum Gasteiger partial charge on any atom is -0.478 e. The van der Waals surface area contributed by atoms with Crippen molar-refractivity contribution in [3.05, 3.63) is 59.7 Å². The predicted octanol–water partition coefficient (Wildman–Crippen LogP) is 4.64. The topological polar surface area (TPSA) is 46.5 Å². The molecule has 1 rings (SSSR count). The molecule has 1 N–H and O–H groups in total. The van der Waals surface area contributed by atoms with Gasteiger partial charge in [-0.1, -0.05) is 42.5 Å². The second kappa shape index (κ2) is 7.14. The molecule has 0 aliphatic carbocycles. The van der Waals surface area contributed by atoms with E-state index in [0.717, 1.165) is 11.1 Å². The third kappa shape index (κ3) is 5.48. The Kier molecular flexibility index (Phi) is 5.79. The molecule has 4 heteroatoms. The molecule has 0 saturated carbocycles. The van der Waals surface area contributed by atoms with E-state index < -0.39 is 11.6 Å². The van der Waals surface area contributed by atoms with Crippen molar-refractivity contribution in [3.63, 3.8) is 0 Å². The van der Waals surface area contributed by atoms with Gasteiger partial charge in [0.25, 0.3) is 0 Å². The first-order valence-corrected chi connectivity index (χ1v) is 6.82. The molecule has 0 bridgehead atoms. The van der Waals surface area contributed by atoms with Gasteiger partial charge in [0.2, 0.25) is 0 Å². The van der Waals surface area contributed by atoms with Gasteiger partial charge < -0.3 is 9.84 Å². The van der Waals surface area contributed by atoms with E-state index in [2.05, 4.69) is 6.58 Å². The molecular formula is C17H19ClO3. The molecule has 1 aromatic carbocycles. The number of aliphatic carboxylic acids is 1. The first-order chi connectivity index (χ1) is 9.72. The van der Waals surface area contributed by atoms with E-state index in [1.807, 2.05) is 24.3 Å². The van der Waals surface area contributed by atoms with Crippen LogP contribution in [0.3, 0.4) is 0 Å². The maximum atomic E-state index is 11.0. The van der Waals surface area contributed by atoms with Gasteiger partial charge in [0, 0.05) is 5.03 Å². The average Bonchev–Trinajstić information content (AvgIpc) is 2.38. The zero-order chi connectivity index (χ0) is 16.0. The lowest BCUT2D eigenvalue weighted by molar-refractivity contribution is -0.152. The maximum Gasteiger partial charge on any atom is 0.347 e. The van der Waals surface area contributed by atoms with Crippen molar-refractivity contribution >= 4 is 23.1 Å². The number of hydrogen-bond acceptors (Lipinski definition) is 2. The standard InChI is InChI=1S/C17H19ClO3/c1-12(6-5-7-13(2)18)14-8-10-15(11-9-14)21-17(3,4)16(19)20/h5-11H,1H2,2-4H3,(H,19,20). The van der Waals surface area contributed by atoms with Crippen LogP contribution < -0.4 is 4.74 Å². The van der Waals surface area contributed by atoms with Gasteiger partial charge in [-0.15, -0.1) is 0 Å². The van der Waals surface area contributed by atoms with Crippen LogP contribution >= 0.6 is 11.6 Å². The van der Waals surface area contributed by atoms with E-state index >= 15 is 0 Å². The van der Waals surface area contributed by atoms with Crippen LogP contribution in [0, 0.1) is 0 Å². The summed E-state index contributed by atoms with van der Waals surface area (Å²) >= 11 is 5.73. The number of rotatable bonds is 6. The number of ether oxygens (including phenoxy) is 1. The SMILES string of the molecule is C=C(C=CC=C(C)Cl)c1ccc(OC(C)(C)C(=O)O)cc1. The van der Waals surface area contributed by atoms with Gasteiger partial charge in [-0.2, -0.15) is 0 Å². The van der Waals surface area contributed by atoms with E-state index in [1.165, 1.54) is 13.8 Å². The van der Waals surface area contributed by atoms with Crippen molar-refractivity contribution in [2.45, 2.75) is 26.4 Å². The molecule has 0 spiro atoms. The molecule has 0 aliphatic rings. The molecule has 21 heavy (non-hydrogen) atoms. The zero-order valence-corrected chi connectivity index (χ0v) is 13.1. The monoisotopic (exact) mass is 306 g/mol. The summed E-state index contributed by atoms with van der Waals surface area (Å²) in [6.45, 7) is 8.77. The molecule has 112 valence electrons. The summed E-state index contributed by atoms with van der Waals surface area (Å²) in [5, 5.41) is 9.72. The molecule has 0 saturated heterocycles. The second-order valence-electron chi connectivity index (χ2n) is 5.08. The quantitative estimate of drug-likeness (QED) is 0.779. The van der Waals surface area contributed by atoms with E-state index in [0.29, 0.717) is 10.8 Å². The minimum absolute atomic E-state index is 0.499. The van der Waals surface area contributed by atoms with Crippen molar-refractivity contribution in [1.29, 1.82) is 0 Å². The van der Waals surface area contributed by atoms with Crippen LogP contribution in [0.4, 0.5) is 0 Å². The Balaban J connectivity index is 2.79. The molecule has 0 fully saturated rings. The van der Waals surface area contributed by atoms with Crippen molar-refractivity contribution in [2.75, 3.05) is 0 Å². The highest BCUT2D eigenvalue weighted by Crippen LogP contribution is 2.22. The van der Waals surface area contributed by atoms with Crippen molar-refractivity contribution in [3.8, 4) is 5.75 Å². The molecule has 0 amide bonds. The lowest BCUT2D eigenvalue weighted by Crippen LogP contribution is -2.37. The lowest BCUT2D eigenvalue weighted by Gasteiger charge is -2.21. The number of carboxylic acid groups (broad SMARTS) is 1. The molecule has 3 nitrogen and oxygen atoms in total. The third-order valence-corrected chi connectivity index (χ3v) is 2.86. The normalized spacial score (nSPS) is 12.5.